The van der Waals surface area contributed by atoms with Gasteiger partial charge in [0.15, 0.2) is 0 Å². The van der Waals surface area contributed by atoms with Crippen molar-refractivity contribution in [2.45, 2.75) is 24.9 Å². The van der Waals surface area contributed by atoms with Crippen molar-refractivity contribution >= 4 is 22.4 Å². The van der Waals surface area contributed by atoms with Crippen LogP contribution in [0, 0.1) is 0 Å². The predicted molar refractivity (Wildman–Crippen MR) is 83.0 cm³/mol. The standard InChI is InChI=1S/C17H19NO3/c1-21-17(9-4-10-17)11-18-15-8-7-14(16(19)20)12-5-2-3-6-13(12)15/h2-3,5-8,18H,4,9-11H2,1H3,(H,19,20). The van der Waals surface area contributed by atoms with Gasteiger partial charge in [0, 0.05) is 24.7 Å². The zero-order chi connectivity index (χ0) is 14.9. The van der Waals surface area contributed by atoms with Gasteiger partial charge in [0.1, 0.15) is 0 Å². The van der Waals surface area contributed by atoms with E-state index in [1.165, 1.54) is 6.42 Å². The Bertz CT molecular complexity index is 671. The van der Waals surface area contributed by atoms with Gasteiger partial charge in [-0.2, -0.15) is 0 Å². The minimum atomic E-state index is -0.898. The van der Waals surface area contributed by atoms with Gasteiger partial charge in [0.05, 0.1) is 11.2 Å². The zero-order valence-electron chi connectivity index (χ0n) is 12.1. The van der Waals surface area contributed by atoms with E-state index in [0.29, 0.717) is 5.56 Å². The van der Waals surface area contributed by atoms with E-state index in [4.69, 9.17) is 4.74 Å². The Kier molecular flexibility index (Phi) is 3.55. The van der Waals surface area contributed by atoms with Crippen LogP contribution in [0.15, 0.2) is 36.4 Å². The first-order valence-electron chi connectivity index (χ1n) is 7.19. The second-order valence-electron chi connectivity index (χ2n) is 5.61. The van der Waals surface area contributed by atoms with Crippen LogP contribution in [0.1, 0.15) is 29.6 Å². The number of benzene rings is 2. The van der Waals surface area contributed by atoms with Crippen molar-refractivity contribution < 1.29 is 14.6 Å². The summed E-state index contributed by atoms with van der Waals surface area (Å²) in [5.74, 6) is -0.898. The summed E-state index contributed by atoms with van der Waals surface area (Å²) < 4.78 is 5.61. The van der Waals surface area contributed by atoms with Crippen LogP contribution in [0.5, 0.6) is 0 Å². The van der Waals surface area contributed by atoms with Crippen molar-refractivity contribution in [2.75, 3.05) is 19.0 Å². The topological polar surface area (TPSA) is 58.6 Å². The van der Waals surface area contributed by atoms with Crippen LogP contribution in [0.25, 0.3) is 10.8 Å². The molecule has 1 aliphatic rings. The van der Waals surface area contributed by atoms with Gasteiger partial charge in [-0.3, -0.25) is 0 Å². The minimum Gasteiger partial charge on any atom is -0.478 e. The Hall–Kier alpha value is -2.07. The van der Waals surface area contributed by atoms with Crippen LogP contribution in [0.3, 0.4) is 0 Å². The highest BCUT2D eigenvalue weighted by Gasteiger charge is 2.36. The number of methoxy groups -OCH3 is 1. The van der Waals surface area contributed by atoms with Crippen molar-refractivity contribution in [1.29, 1.82) is 0 Å². The summed E-state index contributed by atoms with van der Waals surface area (Å²) in [6, 6.07) is 11.1. The number of carbonyl (C=O) groups is 1. The number of anilines is 1. The molecule has 0 spiro atoms. The van der Waals surface area contributed by atoms with Crippen LogP contribution < -0.4 is 5.32 Å². The van der Waals surface area contributed by atoms with E-state index in [0.717, 1.165) is 35.8 Å². The number of fused-ring (bicyclic) bond motifs is 1. The number of rotatable bonds is 5. The van der Waals surface area contributed by atoms with Gasteiger partial charge >= 0.3 is 5.97 Å². The molecule has 0 aromatic heterocycles. The number of carboxylic acids is 1. The second-order valence-corrected chi connectivity index (χ2v) is 5.61. The quantitative estimate of drug-likeness (QED) is 0.882. The summed E-state index contributed by atoms with van der Waals surface area (Å²) in [4.78, 5) is 11.3. The average Bonchev–Trinajstić information content (AvgIpc) is 2.46. The fourth-order valence-corrected chi connectivity index (χ4v) is 2.92. The molecule has 0 radical (unpaired) electrons. The summed E-state index contributed by atoms with van der Waals surface area (Å²) in [6.07, 6.45) is 3.34. The molecule has 4 nitrogen and oxygen atoms in total. The van der Waals surface area contributed by atoms with E-state index < -0.39 is 5.97 Å². The Labute approximate surface area is 123 Å². The second kappa shape index (κ2) is 5.37. The molecule has 0 atom stereocenters. The molecule has 0 saturated heterocycles. The molecule has 110 valence electrons. The molecule has 1 aliphatic carbocycles. The number of hydrogen-bond acceptors (Lipinski definition) is 3. The van der Waals surface area contributed by atoms with Gasteiger partial charge in [-0.1, -0.05) is 24.3 Å². The van der Waals surface area contributed by atoms with Gasteiger partial charge in [-0.05, 0) is 36.8 Å². The normalized spacial score (nSPS) is 16.4. The monoisotopic (exact) mass is 285 g/mol. The molecule has 2 N–H and O–H groups in total. The van der Waals surface area contributed by atoms with E-state index in [1.54, 1.807) is 13.2 Å². The van der Waals surface area contributed by atoms with Gasteiger partial charge in [0.2, 0.25) is 0 Å². The predicted octanol–water partition coefficient (Wildman–Crippen LogP) is 3.52. The number of carboxylic acid groups (broad SMARTS) is 1. The largest absolute Gasteiger partial charge is 0.478 e. The molecule has 0 bridgehead atoms. The molecule has 3 rings (SSSR count). The van der Waals surface area contributed by atoms with Crippen molar-refractivity contribution in [3.63, 3.8) is 0 Å². The van der Waals surface area contributed by atoms with Gasteiger partial charge < -0.3 is 15.2 Å². The Morgan fingerprint density at radius 1 is 1.24 bits per heavy atom. The lowest BCUT2D eigenvalue weighted by molar-refractivity contribution is -0.0601. The molecule has 0 amide bonds. The van der Waals surface area contributed by atoms with Crippen LogP contribution in [-0.4, -0.2) is 30.3 Å². The molecule has 0 unspecified atom stereocenters. The lowest BCUT2D eigenvalue weighted by atomic mass is 9.80. The first-order chi connectivity index (χ1) is 10.2. The van der Waals surface area contributed by atoms with Crippen LogP contribution in [0.2, 0.25) is 0 Å². The Morgan fingerprint density at radius 3 is 2.52 bits per heavy atom. The van der Waals surface area contributed by atoms with Crippen molar-refractivity contribution in [3.05, 3.63) is 42.0 Å². The van der Waals surface area contributed by atoms with Crippen molar-refractivity contribution in [1.82, 2.24) is 0 Å². The molecule has 21 heavy (non-hydrogen) atoms. The smallest absolute Gasteiger partial charge is 0.336 e. The molecule has 4 heteroatoms. The fraction of sp³-hybridized carbons (Fsp3) is 0.353. The first kappa shape index (κ1) is 13.9. The van der Waals surface area contributed by atoms with Gasteiger partial charge in [-0.15, -0.1) is 0 Å². The summed E-state index contributed by atoms with van der Waals surface area (Å²) in [7, 11) is 1.76. The maximum atomic E-state index is 11.3. The van der Waals surface area contributed by atoms with Crippen LogP contribution >= 0.6 is 0 Å². The number of aromatic carboxylic acids is 1. The molecular formula is C17H19NO3. The third-order valence-electron chi connectivity index (χ3n) is 4.45. The zero-order valence-corrected chi connectivity index (χ0v) is 12.1. The van der Waals surface area contributed by atoms with E-state index in [9.17, 15) is 9.90 Å². The highest BCUT2D eigenvalue weighted by molar-refractivity contribution is 6.07. The molecule has 1 fully saturated rings. The summed E-state index contributed by atoms with van der Waals surface area (Å²) in [5, 5.41) is 14.4. The highest BCUT2D eigenvalue weighted by Crippen LogP contribution is 2.36. The van der Waals surface area contributed by atoms with Crippen molar-refractivity contribution in [3.8, 4) is 0 Å². The lowest BCUT2D eigenvalue weighted by Crippen LogP contribution is -2.45. The molecule has 1 saturated carbocycles. The summed E-state index contributed by atoms with van der Waals surface area (Å²) >= 11 is 0. The van der Waals surface area contributed by atoms with E-state index >= 15 is 0 Å². The van der Waals surface area contributed by atoms with Crippen LogP contribution in [0.4, 0.5) is 5.69 Å². The Balaban J connectivity index is 1.93. The summed E-state index contributed by atoms with van der Waals surface area (Å²) in [6.45, 7) is 0.750. The third-order valence-corrected chi connectivity index (χ3v) is 4.45. The lowest BCUT2D eigenvalue weighted by Gasteiger charge is -2.40. The maximum Gasteiger partial charge on any atom is 0.336 e. The molecular weight excluding hydrogens is 266 g/mol. The molecule has 0 aliphatic heterocycles. The highest BCUT2D eigenvalue weighted by atomic mass is 16.5. The minimum absolute atomic E-state index is 0.0629. The van der Waals surface area contributed by atoms with E-state index in [-0.39, 0.29) is 5.60 Å². The third kappa shape index (κ3) is 2.47. The SMILES string of the molecule is COC1(CNc2ccc(C(=O)O)c3ccccc23)CCC1. The fourth-order valence-electron chi connectivity index (χ4n) is 2.92. The molecule has 2 aromatic carbocycles. The number of nitrogens with one attached hydrogen (secondary N) is 1. The number of hydrogen-bond donors (Lipinski definition) is 2. The first-order valence-corrected chi connectivity index (χ1v) is 7.19. The Morgan fingerprint density at radius 2 is 1.95 bits per heavy atom. The van der Waals surface area contributed by atoms with Gasteiger partial charge in [0.25, 0.3) is 0 Å². The van der Waals surface area contributed by atoms with E-state index in [2.05, 4.69) is 5.32 Å². The number of ether oxygens (including phenoxy) is 1. The van der Waals surface area contributed by atoms with Crippen LogP contribution in [-0.2, 0) is 4.74 Å². The molecule has 2 aromatic rings. The van der Waals surface area contributed by atoms with Crippen molar-refractivity contribution in [2.24, 2.45) is 0 Å². The average molecular weight is 285 g/mol. The van der Waals surface area contributed by atoms with Gasteiger partial charge in [-0.25, -0.2) is 4.79 Å². The molecule has 0 heterocycles. The van der Waals surface area contributed by atoms with E-state index in [1.807, 2.05) is 30.3 Å². The summed E-state index contributed by atoms with van der Waals surface area (Å²) in [5.41, 5.74) is 1.23. The maximum absolute atomic E-state index is 11.3.